The van der Waals surface area contributed by atoms with Gasteiger partial charge in [0.25, 0.3) is 5.91 Å². The van der Waals surface area contributed by atoms with E-state index < -0.39 is 0 Å². The lowest BCUT2D eigenvalue weighted by atomic mass is 9.92. The second-order valence-electron chi connectivity index (χ2n) is 7.01. The lowest BCUT2D eigenvalue weighted by Gasteiger charge is -2.35. The third kappa shape index (κ3) is 4.58. The van der Waals surface area contributed by atoms with Crippen LogP contribution in [0.3, 0.4) is 0 Å². The summed E-state index contributed by atoms with van der Waals surface area (Å²) in [6, 6.07) is 1.84. The molecule has 0 atom stereocenters. The number of hydrogen-bond acceptors (Lipinski definition) is 3. The fourth-order valence-corrected chi connectivity index (χ4v) is 2.97. The van der Waals surface area contributed by atoms with Crippen molar-refractivity contribution in [2.24, 2.45) is 5.41 Å². The molecule has 1 fully saturated rings. The highest BCUT2D eigenvalue weighted by atomic mass is 79.9. The summed E-state index contributed by atoms with van der Waals surface area (Å²) in [5.41, 5.74) is 1.26. The normalized spacial score (nSPS) is 17.3. The number of furan rings is 1. The van der Waals surface area contributed by atoms with Crippen molar-refractivity contribution in [3.05, 3.63) is 22.1 Å². The van der Waals surface area contributed by atoms with E-state index in [9.17, 15) is 4.79 Å². The van der Waals surface area contributed by atoms with Crippen LogP contribution in [-0.4, -0.2) is 48.4 Å². The Morgan fingerprint density at radius 2 is 1.90 bits per heavy atom. The molecule has 118 valence electrons. The van der Waals surface area contributed by atoms with Crippen molar-refractivity contribution in [2.45, 2.75) is 34.1 Å². The van der Waals surface area contributed by atoms with Crippen LogP contribution in [-0.2, 0) is 0 Å². The van der Waals surface area contributed by atoms with E-state index in [1.807, 2.05) is 17.9 Å². The molecule has 0 unspecified atom stereocenters. The maximum absolute atomic E-state index is 12.5. The molecule has 5 heteroatoms. The number of amides is 1. The van der Waals surface area contributed by atoms with Crippen LogP contribution in [0.25, 0.3) is 0 Å². The molecule has 0 radical (unpaired) electrons. The molecule has 1 saturated heterocycles. The summed E-state index contributed by atoms with van der Waals surface area (Å²) in [5, 5.41) is 0. The molecule has 0 N–H and O–H groups in total. The van der Waals surface area contributed by atoms with Gasteiger partial charge < -0.3 is 9.32 Å². The molecule has 0 aromatic carbocycles. The molecular weight excluding hydrogens is 332 g/mol. The average molecular weight is 357 g/mol. The molecular formula is C16H25BrN2O2. The van der Waals surface area contributed by atoms with E-state index in [2.05, 4.69) is 41.6 Å². The van der Waals surface area contributed by atoms with E-state index in [1.54, 1.807) is 0 Å². The minimum absolute atomic E-state index is 0.00803. The van der Waals surface area contributed by atoms with Gasteiger partial charge in [-0.25, -0.2) is 0 Å². The van der Waals surface area contributed by atoms with Crippen molar-refractivity contribution in [1.29, 1.82) is 0 Å². The topological polar surface area (TPSA) is 36.7 Å². The van der Waals surface area contributed by atoms with Crippen molar-refractivity contribution in [3.8, 4) is 0 Å². The third-order valence-electron chi connectivity index (χ3n) is 3.92. The number of rotatable bonds is 3. The Hall–Kier alpha value is -0.810. The van der Waals surface area contributed by atoms with Crippen LogP contribution in [0.1, 0.15) is 43.3 Å². The minimum atomic E-state index is 0.00803. The predicted molar refractivity (Wildman–Crippen MR) is 87.6 cm³/mol. The van der Waals surface area contributed by atoms with Crippen LogP contribution in [0.15, 0.2) is 15.2 Å². The van der Waals surface area contributed by atoms with E-state index in [4.69, 9.17) is 4.42 Å². The SMILES string of the molecule is Cc1cc(Br)oc1C(=O)N1CCN(CCC(C)(C)C)CC1. The number of halogens is 1. The second-order valence-corrected chi connectivity index (χ2v) is 7.79. The molecule has 0 aliphatic carbocycles. The van der Waals surface area contributed by atoms with Crippen LogP contribution in [0.5, 0.6) is 0 Å². The first-order valence-electron chi connectivity index (χ1n) is 7.54. The van der Waals surface area contributed by atoms with Crippen LogP contribution < -0.4 is 0 Å². The van der Waals surface area contributed by atoms with E-state index in [0.29, 0.717) is 15.8 Å². The quantitative estimate of drug-likeness (QED) is 0.830. The summed E-state index contributed by atoms with van der Waals surface area (Å²) in [4.78, 5) is 16.8. The van der Waals surface area contributed by atoms with E-state index >= 15 is 0 Å². The average Bonchev–Trinajstić information content (AvgIpc) is 2.74. The van der Waals surface area contributed by atoms with Crippen molar-refractivity contribution in [1.82, 2.24) is 9.80 Å². The highest BCUT2D eigenvalue weighted by Gasteiger charge is 2.26. The number of aryl methyl sites for hydroxylation is 1. The van der Waals surface area contributed by atoms with E-state index in [-0.39, 0.29) is 5.91 Å². The molecule has 21 heavy (non-hydrogen) atoms. The second kappa shape index (κ2) is 6.53. The summed E-state index contributed by atoms with van der Waals surface area (Å²) in [6.45, 7) is 13.3. The molecule has 1 aromatic rings. The Bertz CT molecular complexity index is 497. The van der Waals surface area contributed by atoms with Gasteiger partial charge >= 0.3 is 0 Å². The first-order valence-corrected chi connectivity index (χ1v) is 8.33. The van der Waals surface area contributed by atoms with Gasteiger partial charge in [0.05, 0.1) is 0 Å². The van der Waals surface area contributed by atoms with Crippen LogP contribution in [0.4, 0.5) is 0 Å². The Morgan fingerprint density at radius 1 is 1.29 bits per heavy atom. The Labute approximate surface area is 135 Å². The molecule has 2 rings (SSSR count). The van der Waals surface area contributed by atoms with Gasteiger partial charge in [0.1, 0.15) is 0 Å². The fraction of sp³-hybridized carbons (Fsp3) is 0.688. The van der Waals surface area contributed by atoms with Crippen LogP contribution in [0.2, 0.25) is 0 Å². The van der Waals surface area contributed by atoms with Gasteiger partial charge in [-0.2, -0.15) is 0 Å². The van der Waals surface area contributed by atoms with E-state index in [0.717, 1.165) is 38.3 Å². The monoisotopic (exact) mass is 356 g/mol. The zero-order valence-electron chi connectivity index (χ0n) is 13.4. The first-order chi connectivity index (χ1) is 9.76. The maximum Gasteiger partial charge on any atom is 0.289 e. The molecule has 4 nitrogen and oxygen atoms in total. The van der Waals surface area contributed by atoms with Gasteiger partial charge in [-0.1, -0.05) is 20.8 Å². The standard InChI is InChI=1S/C16H25BrN2O2/c1-12-11-13(17)21-14(12)15(20)19-9-7-18(8-10-19)6-5-16(2,3)4/h11H,5-10H2,1-4H3. The summed E-state index contributed by atoms with van der Waals surface area (Å²) in [5.74, 6) is 0.471. The molecule has 1 aliphatic rings. The van der Waals surface area contributed by atoms with Crippen LogP contribution in [0, 0.1) is 12.3 Å². The number of nitrogens with zero attached hydrogens (tertiary/aromatic N) is 2. The van der Waals surface area contributed by atoms with Gasteiger partial charge in [0.2, 0.25) is 0 Å². The third-order valence-corrected chi connectivity index (χ3v) is 4.31. The molecule has 1 aliphatic heterocycles. The first kappa shape index (κ1) is 16.6. The summed E-state index contributed by atoms with van der Waals surface area (Å²) >= 11 is 3.28. The summed E-state index contributed by atoms with van der Waals surface area (Å²) < 4.78 is 6.08. The molecule has 0 spiro atoms. The largest absolute Gasteiger partial charge is 0.444 e. The Balaban J connectivity index is 1.86. The van der Waals surface area contributed by atoms with Crippen molar-refractivity contribution in [2.75, 3.05) is 32.7 Å². The number of hydrogen-bond donors (Lipinski definition) is 0. The lowest BCUT2D eigenvalue weighted by molar-refractivity contribution is 0.0591. The zero-order chi connectivity index (χ0) is 15.6. The molecule has 1 amide bonds. The highest BCUT2D eigenvalue weighted by Crippen LogP contribution is 2.22. The van der Waals surface area contributed by atoms with Gasteiger partial charge in [-0.3, -0.25) is 9.69 Å². The number of piperazine rings is 1. The smallest absolute Gasteiger partial charge is 0.289 e. The van der Waals surface area contributed by atoms with Gasteiger partial charge in [0, 0.05) is 31.7 Å². The van der Waals surface area contributed by atoms with Gasteiger partial charge in [-0.15, -0.1) is 0 Å². The van der Waals surface area contributed by atoms with E-state index in [1.165, 1.54) is 6.42 Å². The maximum atomic E-state index is 12.5. The van der Waals surface area contributed by atoms with Crippen molar-refractivity contribution < 1.29 is 9.21 Å². The Kier molecular flexibility index (Phi) is 5.15. The van der Waals surface area contributed by atoms with Gasteiger partial charge in [0.15, 0.2) is 10.4 Å². The minimum Gasteiger partial charge on any atom is -0.444 e. The summed E-state index contributed by atoms with van der Waals surface area (Å²) in [6.07, 6.45) is 1.19. The number of carbonyl (C=O) groups excluding carboxylic acids is 1. The van der Waals surface area contributed by atoms with Crippen molar-refractivity contribution in [3.63, 3.8) is 0 Å². The van der Waals surface area contributed by atoms with Crippen LogP contribution >= 0.6 is 15.9 Å². The Morgan fingerprint density at radius 3 is 2.38 bits per heavy atom. The molecule has 2 heterocycles. The van der Waals surface area contributed by atoms with Crippen molar-refractivity contribution >= 4 is 21.8 Å². The zero-order valence-corrected chi connectivity index (χ0v) is 15.0. The molecule has 0 bridgehead atoms. The fourth-order valence-electron chi connectivity index (χ4n) is 2.47. The lowest BCUT2D eigenvalue weighted by Crippen LogP contribution is -2.49. The van der Waals surface area contributed by atoms with Gasteiger partial charge in [-0.05, 0) is 47.3 Å². The summed E-state index contributed by atoms with van der Waals surface area (Å²) in [7, 11) is 0. The number of carbonyl (C=O) groups is 1. The molecule has 1 aromatic heterocycles. The molecule has 0 saturated carbocycles. The predicted octanol–water partition coefficient (Wildman–Crippen LogP) is 3.54. The highest BCUT2D eigenvalue weighted by molar-refractivity contribution is 9.10.